The molecule has 0 spiro atoms. The van der Waals surface area contributed by atoms with Crippen LogP contribution in [0.15, 0.2) is 30.3 Å². The van der Waals surface area contributed by atoms with Gasteiger partial charge in [0.2, 0.25) is 17.7 Å². The summed E-state index contributed by atoms with van der Waals surface area (Å²) >= 11 is 0. The van der Waals surface area contributed by atoms with E-state index in [4.69, 9.17) is 5.11 Å². The minimum atomic E-state index is -1.09. The van der Waals surface area contributed by atoms with Gasteiger partial charge in [-0.25, -0.2) is 0 Å². The quantitative estimate of drug-likeness (QED) is 0.473. The van der Waals surface area contributed by atoms with Gasteiger partial charge in [0.1, 0.15) is 12.1 Å². The Morgan fingerprint density at radius 1 is 0.923 bits per heavy atom. The number of carbonyl (C=O) groups is 4. The lowest BCUT2D eigenvalue weighted by atomic mass is 10.1. The average Bonchev–Trinajstić information content (AvgIpc) is 2.60. The van der Waals surface area contributed by atoms with Crippen LogP contribution in [0.1, 0.15) is 32.3 Å². The first kappa shape index (κ1) is 21.1. The van der Waals surface area contributed by atoms with E-state index in [2.05, 4.69) is 16.0 Å². The zero-order chi connectivity index (χ0) is 19.5. The molecule has 0 aliphatic rings. The molecular formula is C18H25N3O5. The van der Waals surface area contributed by atoms with Crippen LogP contribution in [-0.2, 0) is 25.6 Å². The van der Waals surface area contributed by atoms with Crippen LogP contribution in [0.4, 0.5) is 0 Å². The van der Waals surface area contributed by atoms with Crippen LogP contribution in [0.2, 0.25) is 0 Å². The van der Waals surface area contributed by atoms with Gasteiger partial charge in [0, 0.05) is 13.0 Å². The molecule has 0 aliphatic heterocycles. The lowest BCUT2D eigenvalue weighted by molar-refractivity contribution is -0.139. The molecule has 1 aromatic carbocycles. The van der Waals surface area contributed by atoms with Crippen molar-refractivity contribution in [2.45, 2.75) is 45.2 Å². The van der Waals surface area contributed by atoms with E-state index in [1.807, 2.05) is 30.3 Å². The van der Waals surface area contributed by atoms with Gasteiger partial charge in [0.05, 0.1) is 6.42 Å². The Balaban J connectivity index is 2.31. The average molecular weight is 363 g/mol. The molecule has 0 aromatic heterocycles. The Bertz CT molecular complexity index is 633. The predicted octanol–water partition coefficient (Wildman–Crippen LogP) is 0.220. The molecule has 2 atom stereocenters. The summed E-state index contributed by atoms with van der Waals surface area (Å²) in [5.41, 5.74) is 1.10. The van der Waals surface area contributed by atoms with Gasteiger partial charge >= 0.3 is 5.97 Å². The van der Waals surface area contributed by atoms with E-state index in [1.54, 1.807) is 6.92 Å². The van der Waals surface area contributed by atoms with Crippen LogP contribution in [0.3, 0.4) is 0 Å². The molecule has 0 radical (unpaired) electrons. The van der Waals surface area contributed by atoms with Gasteiger partial charge in [-0.15, -0.1) is 0 Å². The molecule has 3 amide bonds. The molecule has 1 rings (SSSR count). The Morgan fingerprint density at radius 3 is 2.15 bits per heavy atom. The van der Waals surface area contributed by atoms with E-state index >= 15 is 0 Å². The number of aliphatic carboxylic acids is 1. The molecule has 0 fully saturated rings. The number of hydrogen-bond acceptors (Lipinski definition) is 4. The first-order valence-electron chi connectivity index (χ1n) is 8.42. The Morgan fingerprint density at radius 2 is 1.54 bits per heavy atom. The third-order valence-electron chi connectivity index (χ3n) is 3.64. The van der Waals surface area contributed by atoms with Crippen molar-refractivity contribution in [2.75, 3.05) is 6.54 Å². The number of carboxylic acid groups (broad SMARTS) is 1. The van der Waals surface area contributed by atoms with E-state index in [-0.39, 0.29) is 18.7 Å². The lowest BCUT2D eigenvalue weighted by Gasteiger charge is -2.18. The lowest BCUT2D eigenvalue weighted by Crippen LogP contribution is -2.51. The summed E-state index contributed by atoms with van der Waals surface area (Å²) in [4.78, 5) is 46.0. The molecule has 4 N–H and O–H groups in total. The minimum absolute atomic E-state index is 0.206. The highest BCUT2D eigenvalue weighted by Gasteiger charge is 2.20. The molecule has 8 heteroatoms. The van der Waals surface area contributed by atoms with Gasteiger partial charge in [-0.2, -0.15) is 0 Å². The highest BCUT2D eigenvalue weighted by atomic mass is 16.4. The fraction of sp³-hybridized carbons (Fsp3) is 0.444. The highest BCUT2D eigenvalue weighted by Crippen LogP contribution is 1.98. The van der Waals surface area contributed by atoms with Gasteiger partial charge in [0.15, 0.2) is 0 Å². The monoisotopic (exact) mass is 363 g/mol. The van der Waals surface area contributed by atoms with Gasteiger partial charge < -0.3 is 21.1 Å². The zero-order valence-electron chi connectivity index (χ0n) is 15.0. The fourth-order valence-electron chi connectivity index (χ4n) is 2.13. The van der Waals surface area contributed by atoms with Crippen molar-refractivity contribution < 1.29 is 24.3 Å². The smallest absolute Gasteiger partial charge is 0.303 e. The maximum Gasteiger partial charge on any atom is 0.303 e. The van der Waals surface area contributed by atoms with Crippen molar-refractivity contribution in [1.82, 2.24) is 16.0 Å². The van der Waals surface area contributed by atoms with Crippen LogP contribution in [0.25, 0.3) is 0 Å². The van der Waals surface area contributed by atoms with E-state index in [9.17, 15) is 19.2 Å². The summed E-state index contributed by atoms with van der Waals surface area (Å²) < 4.78 is 0. The second-order valence-corrected chi connectivity index (χ2v) is 5.94. The summed E-state index contributed by atoms with van der Waals surface area (Å²) in [6.45, 7) is 3.47. The summed E-state index contributed by atoms with van der Waals surface area (Å²) in [5.74, 6) is -2.45. The van der Waals surface area contributed by atoms with Crippen LogP contribution < -0.4 is 16.0 Å². The molecule has 0 heterocycles. The SMILES string of the molecule is CC(NC(=O)CCC(=O)O)C(=O)NC(C)C(=O)NCCc1ccccc1. The number of carbonyl (C=O) groups excluding carboxylic acids is 3. The Labute approximate surface area is 152 Å². The summed E-state index contributed by atoms with van der Waals surface area (Å²) in [7, 11) is 0. The van der Waals surface area contributed by atoms with Crippen LogP contribution in [-0.4, -0.2) is 47.4 Å². The second-order valence-electron chi connectivity index (χ2n) is 5.94. The molecule has 0 saturated heterocycles. The standard InChI is InChI=1S/C18H25N3O5/c1-12(17(25)19-11-10-14-6-4-3-5-7-14)21-18(26)13(2)20-15(22)8-9-16(23)24/h3-7,12-13H,8-11H2,1-2H3,(H,19,25)(H,20,22)(H,21,26)(H,23,24). The fourth-order valence-corrected chi connectivity index (χ4v) is 2.13. The van der Waals surface area contributed by atoms with Crippen molar-refractivity contribution in [3.63, 3.8) is 0 Å². The summed E-state index contributed by atoms with van der Waals surface area (Å²) in [6, 6.07) is 8.07. The second kappa shape index (κ2) is 10.9. The largest absolute Gasteiger partial charge is 0.481 e. The molecule has 0 saturated carbocycles. The molecule has 2 unspecified atom stereocenters. The van der Waals surface area contributed by atoms with Crippen molar-refractivity contribution >= 4 is 23.7 Å². The number of nitrogens with one attached hydrogen (secondary N) is 3. The van der Waals surface area contributed by atoms with Crippen molar-refractivity contribution in [1.29, 1.82) is 0 Å². The van der Waals surface area contributed by atoms with Gasteiger partial charge in [-0.3, -0.25) is 19.2 Å². The highest BCUT2D eigenvalue weighted by molar-refractivity contribution is 5.92. The molecule has 0 aliphatic carbocycles. The molecule has 1 aromatic rings. The third-order valence-corrected chi connectivity index (χ3v) is 3.64. The predicted molar refractivity (Wildman–Crippen MR) is 95.2 cm³/mol. The maximum absolute atomic E-state index is 12.0. The van der Waals surface area contributed by atoms with Gasteiger partial charge in [-0.05, 0) is 25.8 Å². The van der Waals surface area contributed by atoms with Crippen LogP contribution in [0.5, 0.6) is 0 Å². The van der Waals surface area contributed by atoms with Crippen molar-refractivity contribution in [2.24, 2.45) is 0 Å². The Hall–Kier alpha value is -2.90. The number of carboxylic acids is 1. The first-order valence-corrected chi connectivity index (χ1v) is 8.42. The normalized spacial score (nSPS) is 12.5. The van der Waals surface area contributed by atoms with Gasteiger partial charge in [-0.1, -0.05) is 30.3 Å². The molecule has 142 valence electrons. The summed E-state index contributed by atoms with van der Waals surface area (Å²) in [5, 5.41) is 16.2. The van der Waals surface area contributed by atoms with E-state index < -0.39 is 29.9 Å². The summed E-state index contributed by atoms with van der Waals surface area (Å²) in [6.07, 6.45) is 0.173. The van der Waals surface area contributed by atoms with E-state index in [1.165, 1.54) is 6.92 Å². The maximum atomic E-state index is 12.0. The third kappa shape index (κ3) is 8.27. The van der Waals surface area contributed by atoms with Crippen LogP contribution >= 0.6 is 0 Å². The van der Waals surface area contributed by atoms with E-state index in [0.717, 1.165) is 5.56 Å². The number of rotatable bonds is 10. The van der Waals surface area contributed by atoms with Crippen molar-refractivity contribution in [3.8, 4) is 0 Å². The molecular weight excluding hydrogens is 338 g/mol. The molecule has 0 bridgehead atoms. The molecule has 8 nitrogen and oxygen atoms in total. The number of hydrogen-bond donors (Lipinski definition) is 4. The topological polar surface area (TPSA) is 125 Å². The van der Waals surface area contributed by atoms with E-state index in [0.29, 0.717) is 13.0 Å². The number of amides is 3. The Kier molecular flexibility index (Phi) is 8.83. The van der Waals surface area contributed by atoms with Gasteiger partial charge in [0.25, 0.3) is 0 Å². The first-order chi connectivity index (χ1) is 12.3. The van der Waals surface area contributed by atoms with Crippen LogP contribution in [0, 0.1) is 0 Å². The minimum Gasteiger partial charge on any atom is -0.481 e. The number of benzene rings is 1. The van der Waals surface area contributed by atoms with Crippen molar-refractivity contribution in [3.05, 3.63) is 35.9 Å². The molecule has 26 heavy (non-hydrogen) atoms. The zero-order valence-corrected chi connectivity index (χ0v) is 15.0.